The Morgan fingerprint density at radius 2 is 2.11 bits per heavy atom. The number of nitrogens with zero attached hydrogens (tertiary/aromatic N) is 2. The van der Waals surface area contributed by atoms with Crippen molar-refractivity contribution in [2.45, 2.75) is 13.0 Å². The van der Waals surface area contributed by atoms with Crippen LogP contribution in [0.15, 0.2) is 6.07 Å². The van der Waals surface area contributed by atoms with E-state index in [1.54, 1.807) is 6.07 Å². The lowest BCUT2D eigenvalue weighted by molar-refractivity contribution is 0.0215. The molecule has 4 N–H and O–H groups in total. The molecule has 0 radical (unpaired) electrons. The molecule has 1 aromatic rings. The number of nitrogens with one attached hydrogen (secondary N) is 2. The minimum atomic E-state index is -2.46. The van der Waals surface area contributed by atoms with Crippen LogP contribution in [0.5, 0.6) is 0 Å². The van der Waals surface area contributed by atoms with Crippen LogP contribution in [0.4, 0.5) is 20.4 Å². The number of methoxy groups -OCH3 is 1. The van der Waals surface area contributed by atoms with E-state index in [9.17, 15) is 8.78 Å². The van der Waals surface area contributed by atoms with Crippen LogP contribution in [0, 0.1) is 0 Å². The number of hydrogen-bond donors (Lipinski definition) is 3. The lowest BCUT2D eigenvalue weighted by Gasteiger charge is -2.09. The Hall–Kier alpha value is -1.58. The van der Waals surface area contributed by atoms with Gasteiger partial charge in [0.25, 0.3) is 6.43 Å². The third kappa shape index (κ3) is 6.22. The number of hydrazine groups is 1. The van der Waals surface area contributed by atoms with Crippen LogP contribution in [0.2, 0.25) is 0 Å². The molecule has 0 spiro atoms. The molecule has 0 amide bonds. The first-order chi connectivity index (χ1) is 9.15. The van der Waals surface area contributed by atoms with Crippen molar-refractivity contribution in [1.29, 1.82) is 0 Å². The van der Waals surface area contributed by atoms with Gasteiger partial charge in [0.1, 0.15) is 24.8 Å². The summed E-state index contributed by atoms with van der Waals surface area (Å²) in [5.74, 6) is 6.67. The first-order valence-corrected chi connectivity index (χ1v) is 5.59. The van der Waals surface area contributed by atoms with E-state index < -0.39 is 13.0 Å². The van der Waals surface area contributed by atoms with Gasteiger partial charge in [0.05, 0.1) is 6.61 Å². The van der Waals surface area contributed by atoms with Crippen LogP contribution in [-0.4, -0.2) is 43.3 Å². The predicted octanol–water partition coefficient (Wildman–Crippen LogP) is 0.602. The van der Waals surface area contributed by atoms with E-state index in [4.69, 9.17) is 15.3 Å². The summed E-state index contributed by atoms with van der Waals surface area (Å²) < 4.78 is 33.3. The lowest BCUT2D eigenvalue weighted by atomic mass is 10.4. The Balaban J connectivity index is 2.45. The second-order valence-electron chi connectivity index (χ2n) is 3.52. The van der Waals surface area contributed by atoms with Gasteiger partial charge in [-0.15, -0.1) is 0 Å². The highest BCUT2D eigenvalue weighted by atomic mass is 19.3. The third-order valence-electron chi connectivity index (χ3n) is 1.99. The molecular weight excluding hydrogens is 260 g/mol. The van der Waals surface area contributed by atoms with E-state index >= 15 is 0 Å². The Kier molecular flexibility index (Phi) is 6.93. The molecule has 0 aliphatic carbocycles. The van der Waals surface area contributed by atoms with Gasteiger partial charge in [-0.2, -0.15) is 0 Å². The smallest absolute Gasteiger partial charge is 0.261 e. The van der Waals surface area contributed by atoms with E-state index in [0.29, 0.717) is 24.0 Å². The summed E-state index contributed by atoms with van der Waals surface area (Å²) in [7, 11) is 1.52. The molecule has 7 nitrogen and oxygen atoms in total. The van der Waals surface area contributed by atoms with Crippen molar-refractivity contribution in [1.82, 2.24) is 9.97 Å². The molecule has 1 heterocycles. The topological polar surface area (TPSA) is 94.3 Å². The van der Waals surface area contributed by atoms with Crippen LogP contribution in [0.3, 0.4) is 0 Å². The highest BCUT2D eigenvalue weighted by Crippen LogP contribution is 2.10. The number of aromatic nitrogens is 2. The number of ether oxygens (including phenoxy) is 2. The quantitative estimate of drug-likeness (QED) is 0.346. The molecule has 0 aliphatic heterocycles. The van der Waals surface area contributed by atoms with Gasteiger partial charge in [0, 0.05) is 19.7 Å². The van der Waals surface area contributed by atoms with Crippen molar-refractivity contribution in [3.63, 3.8) is 0 Å². The zero-order chi connectivity index (χ0) is 14.1. The number of nitrogen functional groups attached to an aromatic ring is 1. The number of alkyl halides is 2. The van der Waals surface area contributed by atoms with Gasteiger partial charge in [-0.1, -0.05) is 0 Å². The van der Waals surface area contributed by atoms with Gasteiger partial charge < -0.3 is 20.2 Å². The van der Waals surface area contributed by atoms with Crippen molar-refractivity contribution in [2.75, 3.05) is 37.6 Å². The Morgan fingerprint density at radius 3 is 2.74 bits per heavy atom. The molecule has 0 aromatic carbocycles. The number of anilines is 2. The summed E-state index contributed by atoms with van der Waals surface area (Å²) in [6, 6.07) is 1.59. The van der Waals surface area contributed by atoms with Crippen molar-refractivity contribution < 1.29 is 18.3 Å². The van der Waals surface area contributed by atoms with Gasteiger partial charge in [-0.3, -0.25) is 0 Å². The van der Waals surface area contributed by atoms with Crippen LogP contribution >= 0.6 is 0 Å². The molecule has 9 heteroatoms. The van der Waals surface area contributed by atoms with E-state index in [1.807, 2.05) is 0 Å². The van der Waals surface area contributed by atoms with Gasteiger partial charge >= 0.3 is 0 Å². The first-order valence-electron chi connectivity index (χ1n) is 5.59. The second-order valence-corrected chi connectivity index (χ2v) is 3.52. The largest absolute Gasteiger partial charge is 0.377 e. The zero-order valence-electron chi connectivity index (χ0n) is 10.5. The Morgan fingerprint density at radius 1 is 1.37 bits per heavy atom. The van der Waals surface area contributed by atoms with Gasteiger partial charge in [0.15, 0.2) is 5.82 Å². The molecule has 0 saturated heterocycles. The average molecular weight is 277 g/mol. The Bertz CT molecular complexity index is 381. The maximum Gasteiger partial charge on any atom is 0.261 e. The fourth-order valence-electron chi connectivity index (χ4n) is 1.28. The minimum Gasteiger partial charge on any atom is -0.377 e. The van der Waals surface area contributed by atoms with Crippen LogP contribution in [0.1, 0.15) is 5.82 Å². The summed E-state index contributed by atoms with van der Waals surface area (Å²) in [6.45, 7) is 0.168. The molecule has 0 aliphatic rings. The summed E-state index contributed by atoms with van der Waals surface area (Å²) in [6.07, 6.45) is -2.46. The summed E-state index contributed by atoms with van der Waals surface area (Å²) >= 11 is 0. The highest BCUT2D eigenvalue weighted by Gasteiger charge is 2.04. The second kappa shape index (κ2) is 8.51. The van der Waals surface area contributed by atoms with Crippen molar-refractivity contribution in [3.8, 4) is 0 Å². The Labute approximate surface area is 109 Å². The highest BCUT2D eigenvalue weighted by molar-refractivity contribution is 5.46. The average Bonchev–Trinajstić information content (AvgIpc) is 2.38. The van der Waals surface area contributed by atoms with E-state index in [-0.39, 0.29) is 13.2 Å². The van der Waals surface area contributed by atoms with Crippen molar-refractivity contribution in [2.24, 2.45) is 5.84 Å². The number of hydrogen-bond acceptors (Lipinski definition) is 7. The van der Waals surface area contributed by atoms with Crippen molar-refractivity contribution in [3.05, 3.63) is 11.9 Å². The van der Waals surface area contributed by atoms with Crippen LogP contribution in [-0.2, 0) is 16.1 Å². The van der Waals surface area contributed by atoms with Gasteiger partial charge in [-0.05, 0) is 0 Å². The van der Waals surface area contributed by atoms with Crippen LogP contribution < -0.4 is 16.6 Å². The van der Waals surface area contributed by atoms with E-state index in [0.717, 1.165) is 0 Å². The monoisotopic (exact) mass is 277 g/mol. The summed E-state index contributed by atoms with van der Waals surface area (Å²) in [4.78, 5) is 8.22. The molecule has 19 heavy (non-hydrogen) atoms. The van der Waals surface area contributed by atoms with E-state index in [1.165, 1.54) is 7.11 Å². The molecule has 0 saturated carbocycles. The fourth-order valence-corrected chi connectivity index (χ4v) is 1.28. The molecule has 1 rings (SSSR count). The predicted molar refractivity (Wildman–Crippen MR) is 65.9 cm³/mol. The van der Waals surface area contributed by atoms with Crippen LogP contribution in [0.25, 0.3) is 0 Å². The molecule has 1 aromatic heterocycles. The number of rotatable bonds is 9. The lowest BCUT2D eigenvalue weighted by Crippen LogP contribution is -2.16. The number of nitrogens with two attached hydrogens (primary N) is 1. The third-order valence-corrected chi connectivity index (χ3v) is 1.99. The SMILES string of the molecule is COCc1nc(NN)cc(NCCOCC(F)F)n1. The zero-order valence-corrected chi connectivity index (χ0v) is 10.5. The van der Waals surface area contributed by atoms with Gasteiger partial charge in [0.2, 0.25) is 0 Å². The maximum absolute atomic E-state index is 11.8. The molecule has 0 unspecified atom stereocenters. The normalized spacial score (nSPS) is 10.8. The van der Waals surface area contributed by atoms with E-state index in [2.05, 4.69) is 20.7 Å². The first kappa shape index (κ1) is 15.5. The fraction of sp³-hybridized carbons (Fsp3) is 0.600. The van der Waals surface area contributed by atoms with Crippen molar-refractivity contribution >= 4 is 11.6 Å². The standard InChI is InChI=1S/C10H17F2N5O2/c1-18-6-10-15-8(4-9(16-10)17-13)14-2-3-19-5-7(11)12/h4,7H,2-3,5-6,13H2,1H3,(H2,14,15,16,17). The molecule has 0 fully saturated rings. The van der Waals surface area contributed by atoms with Gasteiger partial charge in [-0.25, -0.2) is 24.6 Å². The molecule has 108 valence electrons. The maximum atomic E-state index is 11.8. The molecule has 0 atom stereocenters. The summed E-state index contributed by atoms with van der Waals surface area (Å²) in [5.41, 5.74) is 2.41. The summed E-state index contributed by atoms with van der Waals surface area (Å²) in [5, 5.41) is 2.92. The minimum absolute atomic E-state index is 0.152. The molecule has 0 bridgehead atoms. The number of halogens is 2. The molecular formula is C10H17F2N5O2.